The largest absolute Gasteiger partial charge is 0.494 e. The monoisotopic (exact) mass is 360 g/mol. The number of amides is 1. The minimum Gasteiger partial charge on any atom is -0.494 e. The molecule has 0 fully saturated rings. The molecule has 0 radical (unpaired) electrons. The van der Waals surface area contributed by atoms with Crippen molar-refractivity contribution in [3.05, 3.63) is 59.4 Å². The molecule has 6 nitrogen and oxygen atoms in total. The molecule has 2 rings (SSSR count). The second kappa shape index (κ2) is 8.96. The molecule has 0 aliphatic heterocycles. The van der Waals surface area contributed by atoms with E-state index >= 15 is 0 Å². The summed E-state index contributed by atoms with van der Waals surface area (Å²) in [6, 6.07) is 11.3. The van der Waals surface area contributed by atoms with Gasteiger partial charge in [-0.05, 0) is 36.9 Å². The zero-order valence-corrected chi connectivity index (χ0v) is 14.9. The summed E-state index contributed by atoms with van der Waals surface area (Å²) in [6.45, 7) is 0.455. The van der Waals surface area contributed by atoms with Gasteiger partial charge in [-0.1, -0.05) is 18.2 Å². The maximum atomic E-state index is 13.7. The van der Waals surface area contributed by atoms with Crippen LogP contribution in [-0.4, -0.2) is 44.6 Å². The van der Waals surface area contributed by atoms with Gasteiger partial charge in [0, 0.05) is 6.54 Å². The number of rotatable bonds is 7. The minimum absolute atomic E-state index is 0.0726. The van der Waals surface area contributed by atoms with Crippen molar-refractivity contribution in [2.75, 3.05) is 33.1 Å². The summed E-state index contributed by atoms with van der Waals surface area (Å²) < 4.78 is 23.3. The van der Waals surface area contributed by atoms with Crippen molar-refractivity contribution in [3.8, 4) is 5.75 Å². The third kappa shape index (κ3) is 5.03. The van der Waals surface area contributed by atoms with Crippen LogP contribution >= 0.6 is 0 Å². The lowest BCUT2D eigenvalue weighted by Gasteiger charge is -2.17. The lowest BCUT2D eigenvalue weighted by Crippen LogP contribution is -2.30. The summed E-state index contributed by atoms with van der Waals surface area (Å²) in [7, 11) is 4.43. The maximum Gasteiger partial charge on any atom is 0.339 e. The van der Waals surface area contributed by atoms with Crippen molar-refractivity contribution in [2.45, 2.75) is 6.54 Å². The van der Waals surface area contributed by atoms with E-state index in [1.807, 2.05) is 0 Å². The Hall–Kier alpha value is -2.93. The number of para-hydroxylation sites is 1. The first-order chi connectivity index (χ1) is 12.4. The molecule has 1 amide bonds. The zero-order valence-electron chi connectivity index (χ0n) is 14.9. The average Bonchev–Trinajstić information content (AvgIpc) is 2.61. The van der Waals surface area contributed by atoms with E-state index in [4.69, 9.17) is 9.47 Å². The molecule has 0 heterocycles. The fourth-order valence-corrected chi connectivity index (χ4v) is 2.49. The van der Waals surface area contributed by atoms with Gasteiger partial charge in [0.1, 0.15) is 0 Å². The van der Waals surface area contributed by atoms with E-state index in [9.17, 15) is 14.0 Å². The van der Waals surface area contributed by atoms with Crippen LogP contribution in [0.4, 0.5) is 10.1 Å². The van der Waals surface area contributed by atoms with Crippen molar-refractivity contribution in [3.63, 3.8) is 0 Å². The Morgan fingerprint density at radius 1 is 1.15 bits per heavy atom. The number of benzene rings is 2. The van der Waals surface area contributed by atoms with E-state index in [2.05, 4.69) is 5.32 Å². The first-order valence-electron chi connectivity index (χ1n) is 7.92. The molecule has 0 bridgehead atoms. The fraction of sp³-hybridized carbons (Fsp3) is 0.263. The van der Waals surface area contributed by atoms with Gasteiger partial charge in [-0.15, -0.1) is 0 Å². The zero-order chi connectivity index (χ0) is 19.1. The van der Waals surface area contributed by atoms with Gasteiger partial charge in [0.25, 0.3) is 0 Å². The summed E-state index contributed by atoms with van der Waals surface area (Å²) in [5.74, 6) is -1.09. The number of hydrogen-bond donors (Lipinski definition) is 1. The summed E-state index contributed by atoms with van der Waals surface area (Å²) in [4.78, 5) is 25.7. The highest BCUT2D eigenvalue weighted by molar-refractivity contribution is 6.01. The van der Waals surface area contributed by atoms with E-state index in [0.29, 0.717) is 17.8 Å². The summed E-state index contributed by atoms with van der Waals surface area (Å²) >= 11 is 0. The maximum absolute atomic E-state index is 13.7. The standard InChI is InChI=1S/C19H21FN2O4/c1-22(11-13-8-9-17(25-2)15(20)10-13)12-18(23)21-16-7-5-4-6-14(16)19(24)26-3/h4-10H,11-12H2,1-3H3,(H,21,23). The highest BCUT2D eigenvalue weighted by atomic mass is 19.1. The van der Waals surface area contributed by atoms with Crippen LogP contribution in [0.15, 0.2) is 42.5 Å². The van der Waals surface area contributed by atoms with Crippen molar-refractivity contribution in [2.24, 2.45) is 0 Å². The van der Waals surface area contributed by atoms with E-state index in [1.165, 1.54) is 20.3 Å². The minimum atomic E-state index is -0.525. The highest BCUT2D eigenvalue weighted by Gasteiger charge is 2.14. The smallest absolute Gasteiger partial charge is 0.339 e. The molecule has 0 aliphatic rings. The Morgan fingerprint density at radius 2 is 1.88 bits per heavy atom. The number of nitrogens with zero attached hydrogens (tertiary/aromatic N) is 1. The van der Waals surface area contributed by atoms with Gasteiger partial charge >= 0.3 is 5.97 Å². The third-order valence-electron chi connectivity index (χ3n) is 3.69. The topological polar surface area (TPSA) is 67.9 Å². The SMILES string of the molecule is COC(=O)c1ccccc1NC(=O)CN(C)Cc1ccc(OC)c(F)c1. The molecule has 1 N–H and O–H groups in total. The lowest BCUT2D eigenvalue weighted by molar-refractivity contribution is -0.117. The van der Waals surface area contributed by atoms with Gasteiger partial charge in [-0.2, -0.15) is 0 Å². The number of anilines is 1. The molecule has 0 unspecified atom stereocenters. The van der Waals surface area contributed by atoms with Gasteiger partial charge in [-0.25, -0.2) is 9.18 Å². The number of methoxy groups -OCH3 is 2. The van der Waals surface area contributed by atoms with Gasteiger partial charge in [0.15, 0.2) is 11.6 Å². The summed E-state index contributed by atoms with van der Waals surface area (Å²) in [5.41, 5.74) is 1.38. The number of esters is 1. The van der Waals surface area contributed by atoms with Crippen molar-refractivity contribution in [1.29, 1.82) is 0 Å². The molecule has 138 valence electrons. The molecule has 0 saturated carbocycles. The molecule has 2 aromatic rings. The molecule has 7 heteroatoms. The molecule has 0 spiro atoms. The molecule has 0 saturated heterocycles. The van der Waals surface area contributed by atoms with E-state index in [0.717, 1.165) is 0 Å². The van der Waals surface area contributed by atoms with Crippen LogP contribution in [0.2, 0.25) is 0 Å². The number of carbonyl (C=O) groups excluding carboxylic acids is 2. The molecule has 0 aliphatic carbocycles. The van der Waals surface area contributed by atoms with Gasteiger partial charge < -0.3 is 14.8 Å². The third-order valence-corrected chi connectivity index (χ3v) is 3.69. The van der Waals surface area contributed by atoms with Crippen LogP contribution < -0.4 is 10.1 Å². The fourth-order valence-electron chi connectivity index (χ4n) is 2.49. The van der Waals surface area contributed by atoms with Crippen molar-refractivity contribution in [1.82, 2.24) is 4.90 Å². The number of hydrogen-bond acceptors (Lipinski definition) is 5. The quantitative estimate of drug-likeness (QED) is 0.769. The van der Waals surface area contributed by atoms with E-state index in [-0.39, 0.29) is 23.8 Å². The van der Waals surface area contributed by atoms with Crippen molar-refractivity contribution < 1.29 is 23.5 Å². The molecular formula is C19H21FN2O4. The van der Waals surface area contributed by atoms with Gasteiger partial charge in [0.2, 0.25) is 5.91 Å². The van der Waals surface area contributed by atoms with E-state index in [1.54, 1.807) is 48.3 Å². The Bertz CT molecular complexity index is 795. The molecule has 0 aromatic heterocycles. The molecule has 2 aromatic carbocycles. The van der Waals surface area contributed by atoms with Crippen LogP contribution in [0.25, 0.3) is 0 Å². The normalized spacial score (nSPS) is 10.5. The first-order valence-corrected chi connectivity index (χ1v) is 7.92. The van der Waals surface area contributed by atoms with Crippen LogP contribution in [0.3, 0.4) is 0 Å². The Morgan fingerprint density at radius 3 is 2.54 bits per heavy atom. The molecule has 26 heavy (non-hydrogen) atoms. The number of carbonyl (C=O) groups is 2. The number of nitrogens with one attached hydrogen (secondary N) is 1. The highest BCUT2D eigenvalue weighted by Crippen LogP contribution is 2.19. The van der Waals surface area contributed by atoms with E-state index < -0.39 is 11.8 Å². The van der Waals surface area contributed by atoms with Crippen molar-refractivity contribution >= 4 is 17.6 Å². The Labute approximate surface area is 151 Å². The van der Waals surface area contributed by atoms with Crippen LogP contribution in [0.5, 0.6) is 5.75 Å². The Balaban J connectivity index is 1.98. The predicted molar refractivity (Wildman–Crippen MR) is 95.7 cm³/mol. The summed E-state index contributed by atoms with van der Waals surface area (Å²) in [6.07, 6.45) is 0. The predicted octanol–water partition coefficient (Wildman–Crippen LogP) is 2.69. The van der Waals surface area contributed by atoms with Crippen LogP contribution in [0, 0.1) is 5.82 Å². The van der Waals surface area contributed by atoms with Gasteiger partial charge in [0.05, 0.1) is 32.0 Å². The number of ether oxygens (including phenoxy) is 2. The second-order valence-corrected chi connectivity index (χ2v) is 5.73. The van der Waals surface area contributed by atoms with Crippen LogP contribution in [-0.2, 0) is 16.1 Å². The second-order valence-electron chi connectivity index (χ2n) is 5.73. The average molecular weight is 360 g/mol. The van der Waals surface area contributed by atoms with Gasteiger partial charge in [-0.3, -0.25) is 9.69 Å². The molecule has 0 atom stereocenters. The first kappa shape index (κ1) is 19.4. The summed E-state index contributed by atoms with van der Waals surface area (Å²) in [5, 5.41) is 2.70. The molecular weight excluding hydrogens is 339 g/mol. The lowest BCUT2D eigenvalue weighted by atomic mass is 10.1. The van der Waals surface area contributed by atoms with Crippen LogP contribution in [0.1, 0.15) is 15.9 Å². The number of likely N-dealkylation sites (N-methyl/N-ethyl adjacent to an activating group) is 1. The number of halogens is 1. The Kier molecular flexibility index (Phi) is 6.68.